The maximum Gasteiger partial charge on any atom is 0.490 e. The number of nitrogens with zero attached hydrogens (tertiary/aromatic N) is 6. The second-order valence-corrected chi connectivity index (χ2v) is 16.4. The molecule has 4 heterocycles. The van der Waals surface area contributed by atoms with Crippen molar-refractivity contribution in [2.75, 3.05) is 51.7 Å². The van der Waals surface area contributed by atoms with Crippen LogP contribution in [0.25, 0.3) is 22.2 Å². The predicted octanol–water partition coefficient (Wildman–Crippen LogP) is -4.50. The number of rotatable bonds is 20. The quantitative estimate of drug-likeness (QED) is 0.0293. The molecule has 25 nitrogen and oxygen atoms in total. The van der Waals surface area contributed by atoms with Crippen molar-refractivity contribution in [3.63, 3.8) is 0 Å². The van der Waals surface area contributed by atoms with Crippen molar-refractivity contribution in [3.8, 4) is 0 Å². The lowest BCUT2D eigenvalue weighted by atomic mass is 9.97. The Balaban J connectivity index is 0.000000878. The normalized spacial score (nSPS) is 16.8. The Labute approximate surface area is 410 Å². The SMILES string of the molecule is CCn1c(CCNC(=O)c2nc3cc[nH]c3nc2N)[n+](CC)c2ccc(C(=O)N3CCC(N(CC(O)C(O)C(O)C(O)CO)CC(O)C(O)C(O)C(O)CO)CC3)cc21.O=C(O)C(F)(F)F.O=C([O-])C(F)(F)F. The zero-order valence-corrected chi connectivity index (χ0v) is 39.1. The summed E-state index contributed by atoms with van der Waals surface area (Å²) < 4.78 is 67.5. The molecule has 0 aliphatic carbocycles. The fraction of sp³-hybridized carbons (Fsp3) is 0.595. The van der Waals surface area contributed by atoms with Crippen LogP contribution in [-0.4, -0.2) is 222 Å². The molecular formula is C42H59F6N9O16. The van der Waals surface area contributed by atoms with Gasteiger partial charge in [-0.3, -0.25) is 14.5 Å². The van der Waals surface area contributed by atoms with Gasteiger partial charge >= 0.3 is 18.3 Å². The minimum Gasteiger partial charge on any atom is -0.542 e. The summed E-state index contributed by atoms with van der Waals surface area (Å²) in [7, 11) is 0. The molecular weight excluding hydrogens is 1000 g/mol. The van der Waals surface area contributed by atoms with E-state index >= 15 is 0 Å². The first-order valence-electron chi connectivity index (χ1n) is 22.3. The number of alkyl halides is 6. The number of aromatic amines is 1. The fourth-order valence-corrected chi connectivity index (χ4v) is 7.73. The Bertz CT molecular complexity index is 2400. The fourth-order valence-electron chi connectivity index (χ4n) is 7.73. The van der Waals surface area contributed by atoms with E-state index in [1.807, 2.05) is 26.0 Å². The van der Waals surface area contributed by atoms with Crippen LogP contribution in [0, 0.1) is 0 Å². The van der Waals surface area contributed by atoms with Crippen molar-refractivity contribution < 1.29 is 111 Å². The van der Waals surface area contributed by atoms with Gasteiger partial charge in [-0.25, -0.2) is 23.9 Å². The standard InChI is InChI=1S/C38H57N9O12.2C2HF3O2/c1-3-46-23-6-5-20(15-24(23)47(4-2)29(46)8-12-41-37(58)30-35(39)43-36-22(42-30)7-11-40-36)38(59)44-13-9-21(10-14-44)45(16-25(50)31(54)33(56)27(52)18-48)17-26(51)32(55)34(57)28(53)19-49;2*3-2(4,5)1(6)7/h5-7,11,15,21,25-28,31-34,48-57H,3-4,8-10,12-14,16-19H2,1-2H3,(H3-,39,40,41,42,43,58);2*(H,6,7). The summed E-state index contributed by atoms with van der Waals surface area (Å²) >= 11 is 0. The van der Waals surface area contributed by atoms with Crippen LogP contribution in [-0.2, 0) is 29.1 Å². The molecule has 0 spiro atoms. The second-order valence-electron chi connectivity index (χ2n) is 16.4. The molecule has 2 amide bonds. The third-order valence-electron chi connectivity index (χ3n) is 11.6. The first-order valence-corrected chi connectivity index (χ1v) is 22.3. The van der Waals surface area contributed by atoms with Crippen LogP contribution in [0.2, 0.25) is 0 Å². The van der Waals surface area contributed by atoms with Gasteiger partial charge in [0, 0.05) is 56.6 Å². The highest BCUT2D eigenvalue weighted by Gasteiger charge is 2.39. The van der Waals surface area contributed by atoms with Gasteiger partial charge in [-0.05, 0) is 44.9 Å². The van der Waals surface area contributed by atoms with Gasteiger partial charge in [-0.2, -0.15) is 26.3 Å². The number of hydrogen-bond donors (Lipinski definition) is 14. The van der Waals surface area contributed by atoms with E-state index in [1.165, 1.54) is 4.90 Å². The number of amides is 2. The van der Waals surface area contributed by atoms with Crippen LogP contribution < -0.4 is 20.7 Å². The summed E-state index contributed by atoms with van der Waals surface area (Å²) in [6.07, 6.45) is -22.1. The van der Waals surface area contributed by atoms with Gasteiger partial charge in [-0.1, -0.05) is 0 Å². The summed E-state index contributed by atoms with van der Waals surface area (Å²) in [5.74, 6) is -5.49. The number of benzene rings is 1. The Morgan fingerprint density at radius 1 is 0.849 bits per heavy atom. The number of halogens is 6. The van der Waals surface area contributed by atoms with Gasteiger partial charge in [0.05, 0.1) is 44.9 Å². The lowest BCUT2D eigenvalue weighted by Gasteiger charge is -2.41. The highest BCUT2D eigenvalue weighted by molar-refractivity contribution is 5.98. The van der Waals surface area contributed by atoms with Crippen molar-refractivity contribution in [2.24, 2.45) is 0 Å². The monoisotopic (exact) mass is 1060 g/mol. The van der Waals surface area contributed by atoms with E-state index in [9.17, 15) is 87.0 Å². The number of H-pyrrole nitrogens is 1. The number of aromatic nitrogens is 5. The maximum atomic E-state index is 14.0. The number of carbonyl (C=O) groups is 4. The molecule has 1 aliphatic rings. The molecule has 8 atom stereocenters. The number of aliphatic carboxylic acids is 2. The number of aliphatic hydroxyl groups excluding tert-OH is 10. The number of piperidine rings is 1. The first-order chi connectivity index (χ1) is 34.0. The van der Waals surface area contributed by atoms with Crippen LogP contribution in [0.15, 0.2) is 30.5 Å². The lowest BCUT2D eigenvalue weighted by Crippen LogP contribution is -2.56. The number of hydrogen-bond acceptors (Lipinski definition) is 19. The first kappa shape index (κ1) is 61.4. The molecule has 410 valence electrons. The summed E-state index contributed by atoms with van der Waals surface area (Å²) in [4.78, 5) is 59.3. The van der Waals surface area contributed by atoms with E-state index < -0.39 is 111 Å². The number of anilines is 1. The number of likely N-dealkylation sites (tertiary alicyclic amines) is 1. The van der Waals surface area contributed by atoms with Gasteiger partial charge in [0.15, 0.2) is 28.2 Å². The van der Waals surface area contributed by atoms with E-state index in [1.54, 1.807) is 23.2 Å². The van der Waals surface area contributed by atoms with Gasteiger partial charge in [0.1, 0.15) is 48.1 Å². The average molecular weight is 1060 g/mol. The van der Waals surface area contributed by atoms with Gasteiger partial charge in [0.2, 0.25) is 0 Å². The molecule has 73 heavy (non-hydrogen) atoms. The molecule has 8 unspecified atom stereocenters. The maximum absolute atomic E-state index is 14.0. The number of fused-ring (bicyclic) bond motifs is 2. The smallest absolute Gasteiger partial charge is 0.490 e. The van der Waals surface area contributed by atoms with Gasteiger partial charge in [-0.15, -0.1) is 0 Å². The van der Waals surface area contributed by atoms with Crippen molar-refractivity contribution in [1.29, 1.82) is 0 Å². The Hall–Kier alpha value is -5.87. The molecule has 3 aromatic heterocycles. The number of carboxylic acid groups (broad SMARTS) is 2. The number of imidazole rings is 1. The van der Waals surface area contributed by atoms with Crippen molar-refractivity contribution in [2.45, 2.75) is 113 Å². The highest BCUT2D eigenvalue weighted by atomic mass is 19.4. The van der Waals surface area contributed by atoms with Crippen LogP contribution in [0.3, 0.4) is 0 Å². The Morgan fingerprint density at radius 2 is 1.36 bits per heavy atom. The molecule has 5 rings (SSSR count). The average Bonchev–Trinajstić information content (AvgIpc) is 3.94. The predicted molar refractivity (Wildman–Crippen MR) is 235 cm³/mol. The largest absolute Gasteiger partial charge is 0.542 e. The summed E-state index contributed by atoms with van der Waals surface area (Å²) in [5, 5.41) is 120. The van der Waals surface area contributed by atoms with Gasteiger partial charge < -0.3 is 87.0 Å². The third-order valence-corrected chi connectivity index (χ3v) is 11.6. The van der Waals surface area contributed by atoms with E-state index in [0.717, 1.165) is 16.9 Å². The summed E-state index contributed by atoms with van der Waals surface area (Å²) in [6.45, 7) is 3.44. The minimum atomic E-state index is -5.19. The summed E-state index contributed by atoms with van der Waals surface area (Å²) in [6, 6.07) is 6.74. The molecule has 1 aliphatic heterocycles. The van der Waals surface area contributed by atoms with E-state index in [2.05, 4.69) is 29.4 Å². The van der Waals surface area contributed by atoms with Crippen LogP contribution in [0.5, 0.6) is 0 Å². The van der Waals surface area contributed by atoms with E-state index in [-0.39, 0.29) is 37.1 Å². The number of nitrogens with one attached hydrogen (secondary N) is 2. The highest BCUT2D eigenvalue weighted by Crippen LogP contribution is 2.24. The number of aryl methyl sites for hydroxylation is 2. The number of nitrogens with two attached hydrogens (primary N) is 1. The number of carboxylic acids is 2. The van der Waals surface area contributed by atoms with Gasteiger partial charge in [0.25, 0.3) is 17.6 Å². The lowest BCUT2D eigenvalue weighted by molar-refractivity contribution is -0.676. The van der Waals surface area contributed by atoms with Crippen molar-refractivity contribution in [3.05, 3.63) is 47.5 Å². The third kappa shape index (κ3) is 16.3. The molecule has 1 fully saturated rings. The van der Waals surface area contributed by atoms with Crippen LogP contribution >= 0.6 is 0 Å². The molecule has 1 saturated heterocycles. The molecule has 0 bridgehead atoms. The molecule has 15 N–H and O–H groups in total. The Morgan fingerprint density at radius 3 is 1.81 bits per heavy atom. The number of aliphatic hydroxyl groups is 10. The number of carbonyl (C=O) groups excluding carboxylic acids is 3. The topological polar surface area (TPSA) is 409 Å². The second kappa shape index (κ2) is 26.9. The van der Waals surface area contributed by atoms with Crippen molar-refractivity contribution in [1.82, 2.24) is 34.6 Å². The molecule has 0 radical (unpaired) electrons. The molecule has 4 aromatic rings. The molecule has 31 heteroatoms. The van der Waals surface area contributed by atoms with Crippen molar-refractivity contribution >= 4 is 51.8 Å². The Kier molecular flexibility index (Phi) is 22.6. The van der Waals surface area contributed by atoms with E-state index in [0.29, 0.717) is 49.1 Å². The zero-order valence-electron chi connectivity index (χ0n) is 39.1. The number of nitrogen functional groups attached to an aromatic ring is 1. The van der Waals surface area contributed by atoms with Crippen LogP contribution in [0.4, 0.5) is 32.2 Å². The molecule has 0 saturated carbocycles. The zero-order chi connectivity index (χ0) is 55.3. The van der Waals surface area contributed by atoms with Crippen LogP contribution in [0.1, 0.15) is 53.4 Å². The molecule has 1 aromatic carbocycles. The minimum absolute atomic E-state index is 0.0138. The van der Waals surface area contributed by atoms with E-state index in [4.69, 9.17) is 25.5 Å². The summed E-state index contributed by atoms with van der Waals surface area (Å²) in [5.41, 5.74) is 9.23.